The lowest BCUT2D eigenvalue weighted by molar-refractivity contribution is -0.142. The molecule has 1 aromatic rings. The van der Waals surface area contributed by atoms with E-state index in [-0.39, 0.29) is 18.1 Å². The Morgan fingerprint density at radius 3 is 2.68 bits per heavy atom. The molecule has 0 fully saturated rings. The van der Waals surface area contributed by atoms with Crippen LogP contribution in [0.3, 0.4) is 0 Å². The molecule has 2 N–H and O–H groups in total. The van der Waals surface area contributed by atoms with Gasteiger partial charge in [-0.15, -0.1) is 0 Å². The summed E-state index contributed by atoms with van der Waals surface area (Å²) >= 11 is 3.44. The molecule has 1 rings (SSSR count). The van der Waals surface area contributed by atoms with Gasteiger partial charge in [0.2, 0.25) is 0 Å². The third kappa shape index (κ3) is 6.71. The Morgan fingerprint density at radius 2 is 2.16 bits per heavy atom. The molecule has 0 radical (unpaired) electrons. The van der Waals surface area contributed by atoms with Crippen molar-refractivity contribution >= 4 is 21.9 Å². The molecule has 0 aliphatic carbocycles. The van der Waals surface area contributed by atoms with Crippen LogP contribution in [-0.2, 0) is 16.1 Å². The van der Waals surface area contributed by atoms with Crippen molar-refractivity contribution in [2.45, 2.75) is 25.9 Å². The van der Waals surface area contributed by atoms with E-state index in [1.807, 2.05) is 43.0 Å². The number of hydrogen-bond donors (Lipinski definition) is 1. The number of carbonyl (C=O) groups excluding carboxylic acids is 1. The van der Waals surface area contributed by atoms with Gasteiger partial charge >= 0.3 is 5.97 Å². The molecule has 0 saturated heterocycles. The van der Waals surface area contributed by atoms with Crippen LogP contribution < -0.4 is 5.73 Å². The Kier molecular flexibility index (Phi) is 5.97. The SMILES string of the molecule is COC(=O)CN(Cc1cccc(Br)c1)CC(C)(C)N. The van der Waals surface area contributed by atoms with Crippen LogP contribution in [0.4, 0.5) is 0 Å². The fourth-order valence-corrected chi connectivity index (χ4v) is 2.33. The Morgan fingerprint density at radius 1 is 1.47 bits per heavy atom. The van der Waals surface area contributed by atoms with E-state index in [1.54, 1.807) is 0 Å². The first-order valence-corrected chi connectivity index (χ1v) is 6.92. The first-order valence-electron chi connectivity index (χ1n) is 6.12. The van der Waals surface area contributed by atoms with Gasteiger partial charge in [0.05, 0.1) is 13.7 Å². The van der Waals surface area contributed by atoms with E-state index in [2.05, 4.69) is 15.9 Å². The standard InChI is InChI=1S/C14H21BrN2O2/c1-14(2,16)10-17(9-13(18)19-3)8-11-5-4-6-12(15)7-11/h4-7H,8-10,16H2,1-3H3. The van der Waals surface area contributed by atoms with Gasteiger partial charge in [-0.3, -0.25) is 9.69 Å². The Balaban J connectivity index is 2.75. The second-order valence-electron chi connectivity index (χ2n) is 5.34. The summed E-state index contributed by atoms with van der Waals surface area (Å²) < 4.78 is 5.75. The van der Waals surface area contributed by atoms with Crippen LogP contribution in [0.15, 0.2) is 28.7 Å². The van der Waals surface area contributed by atoms with E-state index in [1.165, 1.54) is 7.11 Å². The number of nitrogens with two attached hydrogens (primary N) is 1. The quantitative estimate of drug-likeness (QED) is 0.813. The summed E-state index contributed by atoms with van der Waals surface area (Å²) in [4.78, 5) is 13.4. The second-order valence-corrected chi connectivity index (χ2v) is 6.26. The molecular formula is C14H21BrN2O2. The van der Waals surface area contributed by atoms with Gasteiger partial charge < -0.3 is 10.5 Å². The lowest BCUT2D eigenvalue weighted by Gasteiger charge is -2.29. The van der Waals surface area contributed by atoms with Crippen LogP contribution in [0.1, 0.15) is 19.4 Å². The van der Waals surface area contributed by atoms with E-state index in [9.17, 15) is 4.79 Å². The van der Waals surface area contributed by atoms with Gasteiger partial charge in [0, 0.05) is 23.1 Å². The van der Waals surface area contributed by atoms with Crippen molar-refractivity contribution in [2.75, 3.05) is 20.2 Å². The molecule has 1 aromatic carbocycles. The summed E-state index contributed by atoms with van der Waals surface area (Å²) in [7, 11) is 1.40. The number of methoxy groups -OCH3 is 1. The zero-order valence-corrected chi connectivity index (χ0v) is 13.2. The van der Waals surface area contributed by atoms with Crippen molar-refractivity contribution < 1.29 is 9.53 Å². The molecule has 19 heavy (non-hydrogen) atoms. The summed E-state index contributed by atoms with van der Waals surface area (Å²) in [5, 5.41) is 0. The molecule has 106 valence electrons. The lowest BCUT2D eigenvalue weighted by atomic mass is 10.1. The average molecular weight is 329 g/mol. The average Bonchev–Trinajstić information content (AvgIpc) is 2.26. The first-order chi connectivity index (χ1) is 8.80. The lowest BCUT2D eigenvalue weighted by Crippen LogP contribution is -2.46. The summed E-state index contributed by atoms with van der Waals surface area (Å²) in [6.45, 7) is 5.41. The van der Waals surface area contributed by atoms with Crippen molar-refractivity contribution in [1.82, 2.24) is 4.90 Å². The molecule has 0 bridgehead atoms. The predicted octanol–water partition coefficient (Wildman–Crippen LogP) is 2.16. The smallest absolute Gasteiger partial charge is 0.319 e. The van der Waals surface area contributed by atoms with Gasteiger partial charge in [-0.1, -0.05) is 28.1 Å². The number of benzene rings is 1. The number of nitrogens with zero attached hydrogens (tertiary/aromatic N) is 1. The molecule has 0 heterocycles. The number of halogens is 1. The van der Waals surface area contributed by atoms with Crippen molar-refractivity contribution in [2.24, 2.45) is 5.73 Å². The molecule has 4 nitrogen and oxygen atoms in total. The van der Waals surface area contributed by atoms with Crippen LogP contribution in [-0.4, -0.2) is 36.6 Å². The van der Waals surface area contributed by atoms with E-state index in [0.717, 1.165) is 10.0 Å². The number of hydrogen-bond acceptors (Lipinski definition) is 4. The number of esters is 1. The minimum absolute atomic E-state index is 0.240. The van der Waals surface area contributed by atoms with Crippen LogP contribution in [0, 0.1) is 0 Å². The molecule has 0 atom stereocenters. The van der Waals surface area contributed by atoms with E-state index in [4.69, 9.17) is 10.5 Å². The van der Waals surface area contributed by atoms with Crippen molar-refractivity contribution in [3.8, 4) is 0 Å². The number of carbonyl (C=O) groups is 1. The van der Waals surface area contributed by atoms with E-state index in [0.29, 0.717) is 13.1 Å². The third-order valence-corrected chi connectivity index (χ3v) is 3.00. The Bertz CT molecular complexity index is 430. The molecule has 0 saturated carbocycles. The molecule has 0 aliphatic rings. The van der Waals surface area contributed by atoms with E-state index < -0.39 is 0 Å². The summed E-state index contributed by atoms with van der Waals surface area (Å²) in [6.07, 6.45) is 0. The molecule has 0 aliphatic heterocycles. The third-order valence-electron chi connectivity index (χ3n) is 2.51. The molecule has 0 amide bonds. The number of ether oxygens (including phenoxy) is 1. The highest BCUT2D eigenvalue weighted by molar-refractivity contribution is 9.10. The maximum absolute atomic E-state index is 11.5. The Labute approximate surface area is 123 Å². The topological polar surface area (TPSA) is 55.6 Å². The highest BCUT2D eigenvalue weighted by Crippen LogP contribution is 2.14. The minimum Gasteiger partial charge on any atom is -0.468 e. The largest absolute Gasteiger partial charge is 0.468 e. The first kappa shape index (κ1) is 16.1. The van der Waals surface area contributed by atoms with Crippen LogP contribution in [0.5, 0.6) is 0 Å². The zero-order valence-electron chi connectivity index (χ0n) is 11.6. The van der Waals surface area contributed by atoms with Gasteiger partial charge in [0.15, 0.2) is 0 Å². The van der Waals surface area contributed by atoms with Gasteiger partial charge in [0.25, 0.3) is 0 Å². The van der Waals surface area contributed by atoms with Gasteiger partial charge in [-0.05, 0) is 31.5 Å². The molecule has 0 aromatic heterocycles. The van der Waals surface area contributed by atoms with Crippen LogP contribution in [0.2, 0.25) is 0 Å². The molecule has 5 heteroatoms. The van der Waals surface area contributed by atoms with Crippen molar-refractivity contribution in [3.63, 3.8) is 0 Å². The predicted molar refractivity (Wildman–Crippen MR) is 79.7 cm³/mol. The minimum atomic E-state index is -0.361. The van der Waals surface area contributed by atoms with Gasteiger partial charge in [-0.2, -0.15) is 0 Å². The fraction of sp³-hybridized carbons (Fsp3) is 0.500. The maximum Gasteiger partial charge on any atom is 0.319 e. The molecular weight excluding hydrogens is 308 g/mol. The zero-order chi connectivity index (χ0) is 14.5. The van der Waals surface area contributed by atoms with Gasteiger partial charge in [0.1, 0.15) is 0 Å². The Hall–Kier alpha value is -0.910. The van der Waals surface area contributed by atoms with E-state index >= 15 is 0 Å². The van der Waals surface area contributed by atoms with Crippen molar-refractivity contribution in [1.29, 1.82) is 0 Å². The summed E-state index contributed by atoms with van der Waals surface area (Å²) in [6, 6.07) is 8.01. The van der Waals surface area contributed by atoms with Gasteiger partial charge in [-0.25, -0.2) is 0 Å². The molecule has 0 spiro atoms. The summed E-state index contributed by atoms with van der Waals surface area (Å²) in [5.74, 6) is -0.251. The summed E-state index contributed by atoms with van der Waals surface area (Å²) in [5.41, 5.74) is 6.80. The second kappa shape index (κ2) is 7.03. The monoisotopic (exact) mass is 328 g/mol. The number of rotatable bonds is 6. The van der Waals surface area contributed by atoms with Crippen molar-refractivity contribution in [3.05, 3.63) is 34.3 Å². The highest BCUT2D eigenvalue weighted by atomic mass is 79.9. The van der Waals surface area contributed by atoms with Crippen LogP contribution in [0.25, 0.3) is 0 Å². The highest BCUT2D eigenvalue weighted by Gasteiger charge is 2.19. The normalized spacial score (nSPS) is 11.7. The fourth-order valence-electron chi connectivity index (χ4n) is 1.88. The van der Waals surface area contributed by atoms with Crippen LogP contribution >= 0.6 is 15.9 Å². The maximum atomic E-state index is 11.5. The molecule has 0 unspecified atom stereocenters.